The molecule has 146 valence electrons. The van der Waals surface area contributed by atoms with Crippen molar-refractivity contribution in [1.29, 1.82) is 0 Å². The zero-order valence-electron chi connectivity index (χ0n) is 15.8. The quantitative estimate of drug-likeness (QED) is 0.594. The van der Waals surface area contributed by atoms with Gasteiger partial charge in [0.15, 0.2) is 6.61 Å². The predicted molar refractivity (Wildman–Crippen MR) is 107 cm³/mol. The van der Waals surface area contributed by atoms with Crippen molar-refractivity contribution < 1.29 is 18.8 Å². The number of hydrogen-bond donors (Lipinski definition) is 1. The first-order chi connectivity index (χ1) is 13.5. The van der Waals surface area contributed by atoms with Crippen LogP contribution in [-0.2, 0) is 11.3 Å². The third kappa shape index (κ3) is 4.89. The molecule has 0 spiro atoms. The van der Waals surface area contributed by atoms with E-state index in [9.17, 15) is 4.79 Å². The lowest BCUT2D eigenvalue weighted by Gasteiger charge is -2.10. The van der Waals surface area contributed by atoms with Gasteiger partial charge in [0.1, 0.15) is 11.5 Å². The zero-order valence-corrected chi connectivity index (χ0v) is 17.4. The van der Waals surface area contributed by atoms with Gasteiger partial charge in [-0.05, 0) is 61.4 Å². The molecule has 0 aliphatic rings. The molecule has 8 heteroatoms. The summed E-state index contributed by atoms with van der Waals surface area (Å²) < 4.78 is 16.9. The molecule has 0 aliphatic heterocycles. The van der Waals surface area contributed by atoms with E-state index in [0.29, 0.717) is 17.5 Å². The number of rotatable bonds is 7. The van der Waals surface area contributed by atoms with Crippen molar-refractivity contribution in [2.75, 3.05) is 13.7 Å². The topological polar surface area (TPSA) is 86.5 Å². The number of carbonyl (C=O) groups excluding carboxylic acids is 1. The van der Waals surface area contributed by atoms with Gasteiger partial charge in [0.2, 0.25) is 11.7 Å². The lowest BCUT2D eigenvalue weighted by molar-refractivity contribution is -0.123. The van der Waals surface area contributed by atoms with Crippen molar-refractivity contribution in [1.82, 2.24) is 15.5 Å². The summed E-state index contributed by atoms with van der Waals surface area (Å²) in [4.78, 5) is 16.3. The summed E-state index contributed by atoms with van der Waals surface area (Å²) in [5, 5.41) is 6.63. The van der Waals surface area contributed by atoms with Gasteiger partial charge in [0.25, 0.3) is 5.91 Å². The van der Waals surface area contributed by atoms with E-state index in [1.54, 1.807) is 7.11 Å². The number of aryl methyl sites for hydroxylation is 2. The molecule has 0 radical (unpaired) electrons. The Kier molecular flexibility index (Phi) is 6.30. The summed E-state index contributed by atoms with van der Waals surface area (Å²) in [6.07, 6.45) is 0. The smallest absolute Gasteiger partial charge is 0.258 e. The highest BCUT2D eigenvalue weighted by Crippen LogP contribution is 2.26. The summed E-state index contributed by atoms with van der Waals surface area (Å²) in [6, 6.07) is 11.1. The molecular weight excluding hydrogens is 426 g/mol. The molecule has 0 atom stereocenters. The Morgan fingerprint density at radius 2 is 1.82 bits per heavy atom. The number of hydrogen-bond acceptors (Lipinski definition) is 6. The van der Waals surface area contributed by atoms with Crippen molar-refractivity contribution in [3.05, 3.63) is 57.9 Å². The van der Waals surface area contributed by atoms with Gasteiger partial charge < -0.3 is 19.3 Å². The highest BCUT2D eigenvalue weighted by atomic mass is 79.9. The van der Waals surface area contributed by atoms with E-state index in [2.05, 4.69) is 31.4 Å². The predicted octanol–water partition coefficient (Wildman–Crippen LogP) is 3.82. The van der Waals surface area contributed by atoms with E-state index >= 15 is 0 Å². The molecule has 28 heavy (non-hydrogen) atoms. The molecule has 1 amide bonds. The van der Waals surface area contributed by atoms with Gasteiger partial charge in [-0.15, -0.1) is 0 Å². The van der Waals surface area contributed by atoms with Crippen LogP contribution in [0, 0.1) is 13.8 Å². The van der Waals surface area contributed by atoms with E-state index in [0.717, 1.165) is 26.9 Å². The standard InChI is InChI=1S/C20H20BrN3O4/c1-12-8-16(9-13(2)19(12)21)27-11-17(25)22-10-18-23-20(24-28-18)14-4-6-15(26-3)7-5-14/h4-9H,10-11H2,1-3H3,(H,22,25). The molecule has 0 fully saturated rings. The molecular formula is C20H20BrN3O4. The van der Waals surface area contributed by atoms with E-state index in [-0.39, 0.29) is 19.1 Å². The molecule has 0 saturated carbocycles. The third-order valence-corrected chi connectivity index (χ3v) is 5.28. The summed E-state index contributed by atoms with van der Waals surface area (Å²) in [5.74, 6) is 1.88. The van der Waals surface area contributed by atoms with Crippen molar-refractivity contribution in [2.24, 2.45) is 0 Å². The minimum absolute atomic E-state index is 0.0972. The minimum atomic E-state index is -0.276. The fraction of sp³-hybridized carbons (Fsp3) is 0.250. The number of carbonyl (C=O) groups is 1. The Hall–Kier alpha value is -2.87. The number of nitrogens with zero attached hydrogens (tertiary/aromatic N) is 2. The summed E-state index contributed by atoms with van der Waals surface area (Å²) >= 11 is 3.51. The normalized spacial score (nSPS) is 10.6. The Labute approximate surface area is 171 Å². The Bertz CT molecular complexity index is 947. The largest absolute Gasteiger partial charge is 0.497 e. The average Bonchev–Trinajstić information content (AvgIpc) is 3.18. The van der Waals surface area contributed by atoms with Gasteiger partial charge >= 0.3 is 0 Å². The first-order valence-electron chi connectivity index (χ1n) is 8.59. The van der Waals surface area contributed by atoms with Crippen LogP contribution in [0.4, 0.5) is 0 Å². The minimum Gasteiger partial charge on any atom is -0.497 e. The number of benzene rings is 2. The van der Waals surface area contributed by atoms with Crippen molar-refractivity contribution >= 4 is 21.8 Å². The molecule has 0 saturated heterocycles. The second-order valence-electron chi connectivity index (χ2n) is 6.18. The van der Waals surface area contributed by atoms with Gasteiger partial charge in [0, 0.05) is 10.0 Å². The van der Waals surface area contributed by atoms with Crippen LogP contribution in [0.1, 0.15) is 17.0 Å². The SMILES string of the molecule is COc1ccc(-c2noc(CNC(=O)COc3cc(C)c(Br)c(C)c3)n2)cc1. The van der Waals surface area contributed by atoms with Crippen LogP contribution in [0.3, 0.4) is 0 Å². The first kappa shape index (κ1) is 19.9. The number of ether oxygens (including phenoxy) is 2. The van der Waals surface area contributed by atoms with Crippen LogP contribution in [0.25, 0.3) is 11.4 Å². The third-order valence-electron chi connectivity index (χ3n) is 4.03. The average molecular weight is 446 g/mol. The van der Waals surface area contributed by atoms with Gasteiger partial charge in [-0.1, -0.05) is 21.1 Å². The lowest BCUT2D eigenvalue weighted by Crippen LogP contribution is -2.28. The maximum atomic E-state index is 12.0. The highest BCUT2D eigenvalue weighted by molar-refractivity contribution is 9.10. The Morgan fingerprint density at radius 3 is 2.46 bits per heavy atom. The molecule has 0 unspecified atom stereocenters. The monoisotopic (exact) mass is 445 g/mol. The van der Waals surface area contributed by atoms with Gasteiger partial charge in [0.05, 0.1) is 13.7 Å². The van der Waals surface area contributed by atoms with Gasteiger partial charge in [-0.2, -0.15) is 4.98 Å². The van der Waals surface area contributed by atoms with Crippen molar-refractivity contribution in [3.8, 4) is 22.9 Å². The Morgan fingerprint density at radius 1 is 1.14 bits per heavy atom. The maximum absolute atomic E-state index is 12.0. The van der Waals surface area contributed by atoms with E-state index in [4.69, 9.17) is 14.0 Å². The van der Waals surface area contributed by atoms with Crippen LogP contribution >= 0.6 is 15.9 Å². The first-order valence-corrected chi connectivity index (χ1v) is 9.39. The maximum Gasteiger partial charge on any atom is 0.258 e. The molecule has 1 aromatic heterocycles. The second kappa shape index (κ2) is 8.88. The molecule has 1 N–H and O–H groups in total. The molecule has 2 aromatic carbocycles. The van der Waals surface area contributed by atoms with Crippen LogP contribution in [0.2, 0.25) is 0 Å². The second-order valence-corrected chi connectivity index (χ2v) is 6.97. The number of aromatic nitrogens is 2. The molecule has 3 rings (SSSR count). The van der Waals surface area contributed by atoms with Crippen molar-refractivity contribution in [2.45, 2.75) is 20.4 Å². The molecule has 1 heterocycles. The molecule has 0 aliphatic carbocycles. The van der Waals surface area contributed by atoms with E-state index in [1.807, 2.05) is 50.2 Å². The molecule has 0 bridgehead atoms. The van der Waals surface area contributed by atoms with Gasteiger partial charge in [-0.3, -0.25) is 4.79 Å². The van der Waals surface area contributed by atoms with E-state index in [1.165, 1.54) is 0 Å². The number of nitrogens with one attached hydrogen (secondary N) is 1. The summed E-state index contributed by atoms with van der Waals surface area (Å²) in [5.41, 5.74) is 2.89. The number of halogens is 1. The Balaban J connectivity index is 1.51. The summed E-state index contributed by atoms with van der Waals surface area (Å²) in [7, 11) is 1.60. The van der Waals surface area contributed by atoms with Crippen molar-refractivity contribution in [3.63, 3.8) is 0 Å². The summed E-state index contributed by atoms with van der Waals surface area (Å²) in [6.45, 7) is 3.98. The van der Waals surface area contributed by atoms with Crippen LogP contribution in [0.5, 0.6) is 11.5 Å². The molecule has 3 aromatic rings. The van der Waals surface area contributed by atoms with Crippen LogP contribution in [0.15, 0.2) is 45.4 Å². The number of amides is 1. The van der Waals surface area contributed by atoms with Crippen LogP contribution in [-0.4, -0.2) is 29.8 Å². The van der Waals surface area contributed by atoms with Crippen LogP contribution < -0.4 is 14.8 Å². The molecule has 7 nitrogen and oxygen atoms in total. The number of methoxy groups -OCH3 is 1. The highest BCUT2D eigenvalue weighted by Gasteiger charge is 2.11. The fourth-order valence-electron chi connectivity index (χ4n) is 2.55. The zero-order chi connectivity index (χ0) is 20.1. The fourth-order valence-corrected chi connectivity index (χ4v) is 2.78. The van der Waals surface area contributed by atoms with E-state index < -0.39 is 0 Å². The lowest BCUT2D eigenvalue weighted by atomic mass is 10.1. The van der Waals surface area contributed by atoms with Gasteiger partial charge in [-0.25, -0.2) is 0 Å².